The summed E-state index contributed by atoms with van der Waals surface area (Å²) in [5.41, 5.74) is 0.709. The van der Waals surface area contributed by atoms with Gasteiger partial charge in [0.05, 0.1) is 11.5 Å². The standard InChI is InChI=1S/C18H23FN2OS/c19-14-6-3-5-13-15(7-9-23-16(13)14)21-17(22)18-8-2-1-4-12(18)10-20-11-18/h3,5-6,12,15,20H,1-2,4,7-11H2,(H,21,22)/t12-,15?,18+/m0/s1. The molecule has 3 nitrogen and oxygen atoms in total. The third-order valence-corrected chi connectivity index (χ3v) is 6.98. The largest absolute Gasteiger partial charge is 0.349 e. The number of amides is 1. The van der Waals surface area contributed by atoms with E-state index in [0.29, 0.717) is 10.8 Å². The van der Waals surface area contributed by atoms with Gasteiger partial charge < -0.3 is 10.6 Å². The normalized spacial score (nSPS) is 32.9. The van der Waals surface area contributed by atoms with E-state index in [-0.39, 0.29) is 23.2 Å². The van der Waals surface area contributed by atoms with E-state index in [4.69, 9.17) is 0 Å². The van der Waals surface area contributed by atoms with Crippen molar-refractivity contribution in [3.63, 3.8) is 0 Å². The Morgan fingerprint density at radius 1 is 1.35 bits per heavy atom. The molecule has 0 radical (unpaired) electrons. The molecule has 1 aromatic rings. The molecule has 0 spiro atoms. The molecule has 1 amide bonds. The second kappa shape index (κ2) is 6.10. The van der Waals surface area contributed by atoms with Gasteiger partial charge in [-0.15, -0.1) is 11.8 Å². The highest BCUT2D eigenvalue weighted by molar-refractivity contribution is 7.99. The van der Waals surface area contributed by atoms with E-state index >= 15 is 0 Å². The highest BCUT2D eigenvalue weighted by Gasteiger charge is 2.50. The van der Waals surface area contributed by atoms with Gasteiger partial charge in [-0.25, -0.2) is 4.39 Å². The molecule has 0 aromatic heterocycles. The third-order valence-electron chi connectivity index (χ3n) is 5.82. The Labute approximate surface area is 140 Å². The average Bonchev–Trinajstić information content (AvgIpc) is 3.01. The molecule has 23 heavy (non-hydrogen) atoms. The zero-order valence-corrected chi connectivity index (χ0v) is 14.1. The first-order valence-electron chi connectivity index (χ1n) is 8.63. The van der Waals surface area contributed by atoms with Crippen LogP contribution in [-0.2, 0) is 4.79 Å². The van der Waals surface area contributed by atoms with Crippen molar-refractivity contribution in [1.82, 2.24) is 10.6 Å². The van der Waals surface area contributed by atoms with Gasteiger partial charge in [-0.2, -0.15) is 0 Å². The van der Waals surface area contributed by atoms with Gasteiger partial charge in [0.15, 0.2) is 0 Å². The molecule has 1 saturated carbocycles. The number of carbonyl (C=O) groups is 1. The third kappa shape index (κ3) is 2.58. The number of benzene rings is 1. The van der Waals surface area contributed by atoms with Crippen LogP contribution < -0.4 is 10.6 Å². The smallest absolute Gasteiger partial charge is 0.228 e. The molecule has 1 aromatic carbocycles. The highest BCUT2D eigenvalue weighted by Crippen LogP contribution is 2.45. The van der Waals surface area contributed by atoms with Gasteiger partial charge >= 0.3 is 0 Å². The maximum absolute atomic E-state index is 14.0. The first-order chi connectivity index (χ1) is 11.2. The Morgan fingerprint density at radius 2 is 2.26 bits per heavy atom. The summed E-state index contributed by atoms with van der Waals surface area (Å²) >= 11 is 1.56. The van der Waals surface area contributed by atoms with Crippen molar-refractivity contribution in [3.05, 3.63) is 29.6 Å². The molecule has 1 unspecified atom stereocenters. The van der Waals surface area contributed by atoms with Crippen LogP contribution in [0.1, 0.15) is 43.7 Å². The Balaban J connectivity index is 1.57. The zero-order valence-electron chi connectivity index (χ0n) is 13.2. The summed E-state index contributed by atoms with van der Waals surface area (Å²) in [5, 5.41) is 6.70. The van der Waals surface area contributed by atoms with Crippen molar-refractivity contribution in [3.8, 4) is 0 Å². The summed E-state index contributed by atoms with van der Waals surface area (Å²) < 4.78 is 14.0. The maximum atomic E-state index is 14.0. The molecule has 5 heteroatoms. The van der Waals surface area contributed by atoms with Crippen LogP contribution in [-0.4, -0.2) is 24.7 Å². The zero-order chi connectivity index (χ0) is 15.9. The van der Waals surface area contributed by atoms with Gasteiger partial charge in [0.1, 0.15) is 5.82 Å². The number of carbonyl (C=O) groups excluding carboxylic acids is 1. The van der Waals surface area contributed by atoms with E-state index in [1.807, 2.05) is 6.07 Å². The Hall–Kier alpha value is -1.07. The minimum Gasteiger partial charge on any atom is -0.349 e. The lowest BCUT2D eigenvalue weighted by Crippen LogP contribution is -2.49. The van der Waals surface area contributed by atoms with Crippen molar-refractivity contribution in [2.24, 2.45) is 11.3 Å². The fourth-order valence-electron chi connectivity index (χ4n) is 4.53. The molecule has 124 valence electrons. The topological polar surface area (TPSA) is 41.1 Å². The Bertz CT molecular complexity index is 623. The number of halogens is 1. The second-order valence-electron chi connectivity index (χ2n) is 7.05. The van der Waals surface area contributed by atoms with Gasteiger partial charge in [-0.05, 0) is 43.4 Å². The van der Waals surface area contributed by atoms with Crippen LogP contribution >= 0.6 is 11.8 Å². The molecule has 3 aliphatic rings. The Morgan fingerprint density at radius 3 is 3.17 bits per heavy atom. The number of fused-ring (bicyclic) bond motifs is 2. The predicted octanol–water partition coefficient (Wildman–Crippen LogP) is 3.26. The van der Waals surface area contributed by atoms with Gasteiger partial charge in [-0.3, -0.25) is 4.79 Å². The quantitative estimate of drug-likeness (QED) is 0.872. The summed E-state index contributed by atoms with van der Waals surface area (Å²) in [7, 11) is 0. The van der Waals surface area contributed by atoms with Gasteiger partial charge in [-0.1, -0.05) is 25.0 Å². The van der Waals surface area contributed by atoms with Crippen LogP contribution in [0.3, 0.4) is 0 Å². The Kier molecular flexibility index (Phi) is 4.10. The van der Waals surface area contributed by atoms with Crippen LogP contribution in [0.15, 0.2) is 23.1 Å². The number of rotatable bonds is 2. The number of nitrogens with one attached hydrogen (secondary N) is 2. The summed E-state index contributed by atoms with van der Waals surface area (Å²) in [4.78, 5) is 13.8. The summed E-state index contributed by atoms with van der Waals surface area (Å²) in [5.74, 6) is 1.33. The summed E-state index contributed by atoms with van der Waals surface area (Å²) in [6, 6.07) is 5.16. The minimum atomic E-state index is -0.240. The average molecular weight is 334 g/mol. The molecule has 4 rings (SSSR count). The van der Waals surface area contributed by atoms with Gasteiger partial charge in [0, 0.05) is 17.2 Å². The number of hydrogen-bond acceptors (Lipinski definition) is 3. The van der Waals surface area contributed by atoms with E-state index in [0.717, 1.165) is 50.1 Å². The molecule has 2 aliphatic heterocycles. The van der Waals surface area contributed by atoms with Crippen LogP contribution in [0.2, 0.25) is 0 Å². The van der Waals surface area contributed by atoms with E-state index < -0.39 is 0 Å². The van der Waals surface area contributed by atoms with Crippen molar-refractivity contribution in [2.45, 2.75) is 43.0 Å². The second-order valence-corrected chi connectivity index (χ2v) is 8.16. The highest BCUT2D eigenvalue weighted by atomic mass is 32.2. The van der Waals surface area contributed by atoms with Crippen LogP contribution in [0.25, 0.3) is 0 Å². The minimum absolute atomic E-state index is 0.0491. The summed E-state index contributed by atoms with van der Waals surface area (Å²) in [6.45, 7) is 1.75. The van der Waals surface area contributed by atoms with E-state index in [1.54, 1.807) is 17.8 Å². The molecule has 0 bridgehead atoms. The van der Waals surface area contributed by atoms with Gasteiger partial charge in [0.2, 0.25) is 5.91 Å². The van der Waals surface area contributed by atoms with E-state index in [1.165, 1.54) is 12.5 Å². The monoisotopic (exact) mass is 334 g/mol. The van der Waals surface area contributed by atoms with Crippen LogP contribution in [0.4, 0.5) is 4.39 Å². The lowest BCUT2D eigenvalue weighted by atomic mass is 9.67. The van der Waals surface area contributed by atoms with Gasteiger partial charge in [0.25, 0.3) is 0 Å². The lowest BCUT2D eigenvalue weighted by Gasteiger charge is -2.39. The van der Waals surface area contributed by atoms with E-state index in [2.05, 4.69) is 10.6 Å². The molecule has 1 aliphatic carbocycles. The fourth-order valence-corrected chi connectivity index (χ4v) is 5.67. The number of hydrogen-bond donors (Lipinski definition) is 2. The van der Waals surface area contributed by atoms with Crippen molar-refractivity contribution in [2.75, 3.05) is 18.8 Å². The first kappa shape index (κ1) is 15.5. The SMILES string of the molecule is O=C(NC1CCSc2c(F)cccc21)[C@@]12CCCC[C@H]1CNC2. The molecule has 3 atom stereocenters. The molecular weight excluding hydrogens is 311 g/mol. The van der Waals surface area contributed by atoms with Crippen molar-refractivity contribution >= 4 is 17.7 Å². The van der Waals surface area contributed by atoms with Crippen molar-refractivity contribution in [1.29, 1.82) is 0 Å². The maximum Gasteiger partial charge on any atom is 0.228 e. The fraction of sp³-hybridized carbons (Fsp3) is 0.611. The van der Waals surface area contributed by atoms with Crippen LogP contribution in [0.5, 0.6) is 0 Å². The van der Waals surface area contributed by atoms with Crippen LogP contribution in [0, 0.1) is 17.2 Å². The van der Waals surface area contributed by atoms with E-state index in [9.17, 15) is 9.18 Å². The molecule has 2 fully saturated rings. The molecule has 2 heterocycles. The number of thioether (sulfide) groups is 1. The molecule has 1 saturated heterocycles. The summed E-state index contributed by atoms with van der Waals surface area (Å²) in [6.07, 6.45) is 5.37. The first-order valence-corrected chi connectivity index (χ1v) is 9.62. The van der Waals surface area contributed by atoms with Crippen molar-refractivity contribution < 1.29 is 9.18 Å². The molecule has 2 N–H and O–H groups in total. The molecular formula is C18H23FN2OS. The predicted molar refractivity (Wildman–Crippen MR) is 89.9 cm³/mol. The lowest BCUT2D eigenvalue weighted by molar-refractivity contribution is -0.134.